The number of aromatic nitrogens is 3. The van der Waals surface area contributed by atoms with Crippen molar-refractivity contribution in [2.24, 2.45) is 10.8 Å². The second-order valence-electron chi connectivity index (χ2n) is 10.3. The van der Waals surface area contributed by atoms with Gasteiger partial charge in [-0.05, 0) is 73.7 Å². The van der Waals surface area contributed by atoms with Crippen LogP contribution in [0.4, 0.5) is 0 Å². The van der Waals surface area contributed by atoms with E-state index >= 15 is 0 Å². The molecular formula is C23H35N3O6S. The number of H-pyrrole nitrogens is 1. The van der Waals surface area contributed by atoms with E-state index < -0.39 is 34.6 Å². The fraction of sp³-hybridized carbons (Fsp3) is 0.652. The van der Waals surface area contributed by atoms with Crippen LogP contribution >= 0.6 is 12.2 Å². The molecule has 33 heavy (non-hydrogen) atoms. The Hall–Kier alpha value is -2.46. The van der Waals surface area contributed by atoms with Crippen molar-refractivity contribution in [2.75, 3.05) is 6.61 Å². The molecule has 9 nitrogen and oxygen atoms in total. The summed E-state index contributed by atoms with van der Waals surface area (Å²) >= 11 is 5.44. The Morgan fingerprint density at radius 1 is 1.09 bits per heavy atom. The molecule has 0 amide bonds. The zero-order valence-corrected chi connectivity index (χ0v) is 21.5. The monoisotopic (exact) mass is 481 g/mol. The highest BCUT2D eigenvalue weighted by Crippen LogP contribution is 2.23. The maximum absolute atomic E-state index is 13.5. The van der Waals surface area contributed by atoms with E-state index in [9.17, 15) is 14.4 Å². The second kappa shape index (κ2) is 10.2. The molecule has 0 aliphatic carbocycles. The number of aromatic amines is 1. The van der Waals surface area contributed by atoms with Crippen LogP contribution in [-0.2, 0) is 30.5 Å². The van der Waals surface area contributed by atoms with Crippen molar-refractivity contribution in [2.45, 2.75) is 80.9 Å². The zero-order chi connectivity index (χ0) is 25.1. The Balaban J connectivity index is 2.49. The highest BCUT2D eigenvalue weighted by Gasteiger charge is 2.29. The summed E-state index contributed by atoms with van der Waals surface area (Å²) in [7, 11) is 0. The Morgan fingerprint density at radius 3 is 2.24 bits per heavy atom. The molecule has 0 fully saturated rings. The molecule has 0 aromatic carbocycles. The maximum atomic E-state index is 13.5. The highest BCUT2D eigenvalue weighted by molar-refractivity contribution is 7.71. The summed E-state index contributed by atoms with van der Waals surface area (Å²) in [5, 5.41) is 0. The molecule has 0 bridgehead atoms. The minimum atomic E-state index is -0.961. The van der Waals surface area contributed by atoms with Gasteiger partial charge in [0.15, 0.2) is 17.7 Å². The summed E-state index contributed by atoms with van der Waals surface area (Å²) in [6, 6.07) is 1.68. The van der Waals surface area contributed by atoms with Crippen molar-refractivity contribution in [1.29, 1.82) is 0 Å². The van der Waals surface area contributed by atoms with E-state index in [-0.39, 0.29) is 36.2 Å². The van der Waals surface area contributed by atoms with Gasteiger partial charge in [0, 0.05) is 12.6 Å². The number of esters is 2. The van der Waals surface area contributed by atoms with Crippen LogP contribution < -0.4 is 5.56 Å². The molecule has 2 aromatic heterocycles. The minimum absolute atomic E-state index is 0.0209. The third-order valence-corrected chi connectivity index (χ3v) is 5.05. The Labute approximate surface area is 199 Å². The van der Waals surface area contributed by atoms with Gasteiger partial charge in [0.1, 0.15) is 5.52 Å². The van der Waals surface area contributed by atoms with Crippen LogP contribution in [0.2, 0.25) is 0 Å². The molecule has 2 aromatic rings. The number of nitrogens with one attached hydrogen (secondary N) is 1. The molecule has 0 saturated heterocycles. The van der Waals surface area contributed by atoms with Crippen molar-refractivity contribution in [3.63, 3.8) is 0 Å². The van der Waals surface area contributed by atoms with E-state index in [1.165, 1.54) is 9.13 Å². The first-order valence-electron chi connectivity index (χ1n) is 11.0. The largest absolute Gasteiger partial charge is 0.443 e. The van der Waals surface area contributed by atoms with Crippen LogP contribution in [0, 0.1) is 15.6 Å². The quantitative estimate of drug-likeness (QED) is 0.442. The number of carbonyl (C=O) groups is 2. The summed E-state index contributed by atoms with van der Waals surface area (Å²) in [4.78, 5) is 41.4. The highest BCUT2D eigenvalue weighted by atomic mass is 32.1. The van der Waals surface area contributed by atoms with Crippen molar-refractivity contribution in [1.82, 2.24) is 14.1 Å². The van der Waals surface area contributed by atoms with E-state index in [0.717, 1.165) is 0 Å². The topological polar surface area (TPSA) is 105 Å². The normalized spacial score (nSPS) is 13.4. The zero-order valence-electron chi connectivity index (χ0n) is 20.7. The molecular weight excluding hydrogens is 446 g/mol. The molecule has 1 N–H and O–H groups in total. The van der Waals surface area contributed by atoms with Gasteiger partial charge in [-0.2, -0.15) is 0 Å². The van der Waals surface area contributed by atoms with Crippen molar-refractivity contribution >= 4 is 35.2 Å². The SMILES string of the molecule is CC(C)OCCC(OC(=O)C(C)(C)C)n1c(=S)[nH]c2ccn(COC(=O)C(C)(C)C)c2c1=O. The van der Waals surface area contributed by atoms with Crippen LogP contribution in [0.15, 0.2) is 17.1 Å². The molecule has 0 saturated carbocycles. The molecule has 0 radical (unpaired) electrons. The number of fused-ring (bicyclic) bond motifs is 1. The summed E-state index contributed by atoms with van der Waals surface area (Å²) in [5.74, 6) is -0.857. The summed E-state index contributed by atoms with van der Waals surface area (Å²) in [6.45, 7) is 14.4. The Morgan fingerprint density at radius 2 is 1.70 bits per heavy atom. The predicted molar refractivity (Wildman–Crippen MR) is 127 cm³/mol. The van der Waals surface area contributed by atoms with Gasteiger partial charge < -0.3 is 23.8 Å². The van der Waals surface area contributed by atoms with E-state index in [1.54, 1.807) is 53.8 Å². The van der Waals surface area contributed by atoms with E-state index in [4.69, 9.17) is 26.4 Å². The molecule has 10 heteroatoms. The summed E-state index contributed by atoms with van der Waals surface area (Å²) < 4.78 is 19.6. The van der Waals surface area contributed by atoms with Crippen molar-refractivity contribution < 1.29 is 23.8 Å². The fourth-order valence-corrected chi connectivity index (χ4v) is 3.16. The second-order valence-corrected chi connectivity index (χ2v) is 10.7. The Bertz CT molecular complexity index is 1110. The lowest BCUT2D eigenvalue weighted by atomic mass is 9.97. The van der Waals surface area contributed by atoms with E-state index in [1.807, 2.05) is 13.8 Å². The minimum Gasteiger partial charge on any atom is -0.443 e. The first kappa shape index (κ1) is 26.8. The van der Waals surface area contributed by atoms with Gasteiger partial charge >= 0.3 is 11.9 Å². The average molecular weight is 482 g/mol. The first-order chi connectivity index (χ1) is 15.1. The number of hydrogen-bond acceptors (Lipinski definition) is 7. The molecule has 2 rings (SSSR count). The Kier molecular flexibility index (Phi) is 8.29. The van der Waals surface area contributed by atoms with Gasteiger partial charge in [-0.15, -0.1) is 0 Å². The summed E-state index contributed by atoms with van der Waals surface area (Å²) in [5.41, 5.74) is -1.15. The van der Waals surface area contributed by atoms with E-state index in [0.29, 0.717) is 5.52 Å². The van der Waals surface area contributed by atoms with Gasteiger partial charge in [0.05, 0.1) is 29.1 Å². The molecule has 0 aliphatic rings. The van der Waals surface area contributed by atoms with Crippen molar-refractivity contribution in [3.05, 3.63) is 27.4 Å². The van der Waals surface area contributed by atoms with Gasteiger partial charge in [-0.1, -0.05) is 0 Å². The number of ether oxygens (including phenoxy) is 3. The lowest BCUT2D eigenvalue weighted by Crippen LogP contribution is -2.34. The van der Waals surface area contributed by atoms with Gasteiger partial charge in [-0.25, -0.2) is 4.57 Å². The summed E-state index contributed by atoms with van der Waals surface area (Å²) in [6.07, 6.45) is 0.891. The molecule has 1 atom stereocenters. The van der Waals surface area contributed by atoms with Gasteiger partial charge in [0.2, 0.25) is 0 Å². The molecule has 0 spiro atoms. The first-order valence-corrected chi connectivity index (χ1v) is 11.4. The fourth-order valence-electron chi connectivity index (χ4n) is 2.85. The molecule has 0 aliphatic heterocycles. The third-order valence-electron chi connectivity index (χ3n) is 4.75. The van der Waals surface area contributed by atoms with Crippen LogP contribution in [0.5, 0.6) is 0 Å². The number of hydrogen-bond donors (Lipinski definition) is 1. The smallest absolute Gasteiger partial charge is 0.313 e. The van der Waals surface area contributed by atoms with Crippen LogP contribution in [-0.4, -0.2) is 38.8 Å². The van der Waals surface area contributed by atoms with Crippen molar-refractivity contribution in [3.8, 4) is 0 Å². The predicted octanol–water partition coefficient (Wildman–Crippen LogP) is 4.31. The third kappa shape index (κ3) is 6.77. The average Bonchev–Trinajstić information content (AvgIpc) is 3.06. The van der Waals surface area contributed by atoms with Crippen LogP contribution in [0.3, 0.4) is 0 Å². The number of nitrogens with zero attached hydrogens (tertiary/aromatic N) is 2. The number of rotatable bonds is 8. The lowest BCUT2D eigenvalue weighted by molar-refractivity contribution is -0.165. The van der Waals surface area contributed by atoms with Gasteiger partial charge in [0.25, 0.3) is 5.56 Å². The van der Waals surface area contributed by atoms with Gasteiger partial charge in [-0.3, -0.25) is 14.4 Å². The van der Waals surface area contributed by atoms with Crippen LogP contribution in [0.1, 0.15) is 68.0 Å². The lowest BCUT2D eigenvalue weighted by Gasteiger charge is -2.25. The van der Waals surface area contributed by atoms with Crippen LogP contribution in [0.25, 0.3) is 11.0 Å². The molecule has 184 valence electrons. The number of carbonyl (C=O) groups excluding carboxylic acids is 2. The van der Waals surface area contributed by atoms with E-state index in [2.05, 4.69) is 4.98 Å². The maximum Gasteiger partial charge on any atom is 0.313 e. The molecule has 1 unspecified atom stereocenters. The molecule has 2 heterocycles. The standard InChI is InChI=1S/C23H35N3O6S/c1-14(2)30-12-10-16(32-20(29)23(6,7)8)26-18(27)17-15(24-21(26)33)9-11-25(17)13-31-19(28)22(3,4)5/h9,11,14,16H,10,12-13H2,1-8H3,(H,24,33).